The van der Waals surface area contributed by atoms with E-state index in [9.17, 15) is 9.90 Å². The molecular formula is C14H23N2O3+. The first-order valence-electron chi connectivity index (χ1n) is 6.49. The van der Waals surface area contributed by atoms with Gasteiger partial charge >= 0.3 is 0 Å². The molecule has 0 saturated heterocycles. The Balaban J connectivity index is 2.35. The van der Waals surface area contributed by atoms with Gasteiger partial charge < -0.3 is 20.9 Å². The van der Waals surface area contributed by atoms with Crippen LogP contribution in [0.2, 0.25) is 0 Å². The van der Waals surface area contributed by atoms with Crippen molar-refractivity contribution in [3.8, 4) is 5.75 Å². The van der Waals surface area contributed by atoms with Crippen molar-refractivity contribution in [3.05, 3.63) is 29.8 Å². The summed E-state index contributed by atoms with van der Waals surface area (Å²) in [5.74, 6) is 0.324. The van der Waals surface area contributed by atoms with Gasteiger partial charge in [-0.05, 0) is 31.5 Å². The summed E-state index contributed by atoms with van der Waals surface area (Å²) in [5, 5.41) is 11.8. The maximum Gasteiger partial charge on any atom is 0.221 e. The summed E-state index contributed by atoms with van der Waals surface area (Å²) in [4.78, 5) is 10.7. The molecule has 1 aromatic rings. The van der Waals surface area contributed by atoms with Crippen molar-refractivity contribution in [1.82, 2.24) is 0 Å². The van der Waals surface area contributed by atoms with Gasteiger partial charge in [-0.25, -0.2) is 0 Å². The maximum atomic E-state index is 10.7. The fourth-order valence-electron chi connectivity index (χ4n) is 1.59. The van der Waals surface area contributed by atoms with Crippen LogP contribution in [0.1, 0.15) is 19.4 Å². The molecule has 0 aliphatic rings. The molecular weight excluding hydrogens is 244 g/mol. The van der Waals surface area contributed by atoms with Gasteiger partial charge in [0.1, 0.15) is 25.0 Å². The molecule has 5 nitrogen and oxygen atoms in total. The highest BCUT2D eigenvalue weighted by Gasteiger charge is 2.08. The number of aliphatic hydroxyl groups excluding tert-OH is 1. The predicted molar refractivity (Wildman–Crippen MR) is 72.8 cm³/mol. The molecule has 0 unspecified atom stereocenters. The highest BCUT2D eigenvalue weighted by atomic mass is 16.5. The summed E-state index contributed by atoms with van der Waals surface area (Å²) < 4.78 is 5.47. The van der Waals surface area contributed by atoms with E-state index >= 15 is 0 Å². The van der Waals surface area contributed by atoms with Gasteiger partial charge in [0.15, 0.2) is 0 Å². The topological polar surface area (TPSA) is 89.2 Å². The van der Waals surface area contributed by atoms with E-state index in [0.717, 1.165) is 5.56 Å². The van der Waals surface area contributed by atoms with E-state index < -0.39 is 6.10 Å². The lowest BCUT2D eigenvalue weighted by atomic mass is 10.1. The summed E-state index contributed by atoms with van der Waals surface area (Å²) in [6.07, 6.45) is -0.264. The molecule has 0 spiro atoms. The van der Waals surface area contributed by atoms with Crippen molar-refractivity contribution in [1.29, 1.82) is 0 Å². The molecule has 5 N–H and O–H groups in total. The summed E-state index contributed by atoms with van der Waals surface area (Å²) >= 11 is 0. The van der Waals surface area contributed by atoms with E-state index in [0.29, 0.717) is 18.3 Å². The zero-order valence-electron chi connectivity index (χ0n) is 11.5. The zero-order chi connectivity index (χ0) is 14.3. The first kappa shape index (κ1) is 15.5. The monoisotopic (exact) mass is 267 g/mol. The van der Waals surface area contributed by atoms with Crippen LogP contribution < -0.4 is 15.8 Å². The zero-order valence-corrected chi connectivity index (χ0v) is 11.5. The van der Waals surface area contributed by atoms with Crippen LogP contribution >= 0.6 is 0 Å². The highest BCUT2D eigenvalue weighted by molar-refractivity contribution is 5.76. The fraction of sp³-hybridized carbons (Fsp3) is 0.500. The molecule has 5 heteroatoms. The molecule has 0 radical (unpaired) electrons. The Kier molecular flexibility index (Phi) is 6.32. The number of benzene rings is 1. The molecule has 19 heavy (non-hydrogen) atoms. The van der Waals surface area contributed by atoms with Crippen LogP contribution in [0.5, 0.6) is 5.75 Å². The van der Waals surface area contributed by atoms with E-state index in [1.54, 1.807) is 24.3 Å². The molecule has 1 amide bonds. The number of hydrogen-bond acceptors (Lipinski definition) is 3. The van der Waals surface area contributed by atoms with Gasteiger partial charge in [0.2, 0.25) is 5.91 Å². The number of carbonyl (C=O) groups is 1. The van der Waals surface area contributed by atoms with Gasteiger partial charge in [-0.15, -0.1) is 0 Å². The van der Waals surface area contributed by atoms with Crippen molar-refractivity contribution in [2.75, 3.05) is 13.2 Å². The molecule has 1 aromatic carbocycles. The molecule has 1 atom stereocenters. The second kappa shape index (κ2) is 7.76. The number of quaternary nitrogens is 1. The number of carbonyl (C=O) groups excluding carboxylic acids is 1. The molecule has 0 saturated carbocycles. The van der Waals surface area contributed by atoms with E-state index in [-0.39, 0.29) is 18.9 Å². The van der Waals surface area contributed by atoms with Gasteiger partial charge in [-0.2, -0.15) is 0 Å². The van der Waals surface area contributed by atoms with Crippen LogP contribution in [-0.4, -0.2) is 36.3 Å². The molecule has 0 fully saturated rings. The number of aliphatic hydroxyl groups is 1. The van der Waals surface area contributed by atoms with Crippen molar-refractivity contribution in [3.63, 3.8) is 0 Å². The number of hydrogen-bond donors (Lipinski definition) is 3. The summed E-state index contributed by atoms with van der Waals surface area (Å²) in [6.45, 7) is 5.03. The number of amides is 1. The van der Waals surface area contributed by atoms with E-state index in [4.69, 9.17) is 10.5 Å². The molecule has 0 heterocycles. The SMILES string of the molecule is CC(C)[NH2+]C[C@H](O)COc1ccc(CC(N)=O)cc1. The molecule has 0 bridgehead atoms. The predicted octanol–water partition coefficient (Wildman–Crippen LogP) is -0.574. The number of ether oxygens (including phenoxy) is 1. The largest absolute Gasteiger partial charge is 0.491 e. The fourth-order valence-corrected chi connectivity index (χ4v) is 1.59. The summed E-state index contributed by atoms with van der Waals surface area (Å²) in [6, 6.07) is 7.61. The lowest BCUT2D eigenvalue weighted by molar-refractivity contribution is -0.688. The highest BCUT2D eigenvalue weighted by Crippen LogP contribution is 2.12. The third kappa shape index (κ3) is 6.79. The summed E-state index contributed by atoms with van der Waals surface area (Å²) in [7, 11) is 0. The van der Waals surface area contributed by atoms with Crippen LogP contribution in [-0.2, 0) is 11.2 Å². The number of nitrogens with two attached hydrogens (primary N) is 2. The first-order valence-corrected chi connectivity index (χ1v) is 6.49. The molecule has 1 rings (SSSR count). The second-order valence-electron chi connectivity index (χ2n) is 4.97. The van der Waals surface area contributed by atoms with E-state index in [1.165, 1.54) is 0 Å². The second-order valence-corrected chi connectivity index (χ2v) is 4.97. The maximum absolute atomic E-state index is 10.7. The Bertz CT molecular complexity index is 390. The molecule has 0 aliphatic carbocycles. The van der Waals surface area contributed by atoms with Crippen molar-refractivity contribution in [2.45, 2.75) is 32.4 Å². The Labute approximate surface area is 113 Å². The minimum absolute atomic E-state index is 0.228. The normalized spacial score (nSPS) is 12.4. The minimum atomic E-state index is -0.493. The van der Waals surface area contributed by atoms with Gasteiger partial charge in [-0.3, -0.25) is 4.79 Å². The van der Waals surface area contributed by atoms with Gasteiger partial charge in [0, 0.05) is 0 Å². The lowest BCUT2D eigenvalue weighted by Gasteiger charge is -2.13. The van der Waals surface area contributed by atoms with Crippen LogP contribution in [0.4, 0.5) is 0 Å². The Hall–Kier alpha value is -1.59. The molecule has 106 valence electrons. The van der Waals surface area contributed by atoms with Crippen molar-refractivity contribution in [2.24, 2.45) is 5.73 Å². The van der Waals surface area contributed by atoms with Gasteiger partial charge in [-0.1, -0.05) is 12.1 Å². The van der Waals surface area contributed by atoms with Crippen molar-refractivity contribution >= 4 is 5.91 Å². The third-order valence-electron chi connectivity index (χ3n) is 2.62. The molecule has 0 aromatic heterocycles. The van der Waals surface area contributed by atoms with Crippen LogP contribution in [0.25, 0.3) is 0 Å². The quantitative estimate of drug-likeness (QED) is 0.589. The van der Waals surface area contributed by atoms with Crippen LogP contribution in [0.3, 0.4) is 0 Å². The van der Waals surface area contributed by atoms with Gasteiger partial charge in [0.25, 0.3) is 0 Å². The first-order chi connectivity index (χ1) is 8.97. The Morgan fingerprint density at radius 3 is 2.53 bits per heavy atom. The average molecular weight is 267 g/mol. The average Bonchev–Trinajstić information content (AvgIpc) is 2.35. The van der Waals surface area contributed by atoms with E-state index in [1.807, 2.05) is 0 Å². The number of primary amides is 1. The standard InChI is InChI=1S/C14H22N2O3/c1-10(2)16-8-12(17)9-19-13-5-3-11(4-6-13)7-14(15)18/h3-6,10,12,16-17H,7-9H2,1-2H3,(H2,15,18)/p+1/t12-/m0/s1. The Morgan fingerprint density at radius 2 is 2.00 bits per heavy atom. The van der Waals surface area contributed by atoms with Crippen LogP contribution in [0, 0.1) is 0 Å². The van der Waals surface area contributed by atoms with Crippen molar-refractivity contribution < 1.29 is 20.0 Å². The van der Waals surface area contributed by atoms with E-state index in [2.05, 4.69) is 19.2 Å². The Morgan fingerprint density at radius 1 is 1.37 bits per heavy atom. The van der Waals surface area contributed by atoms with Gasteiger partial charge in [0.05, 0.1) is 12.5 Å². The smallest absolute Gasteiger partial charge is 0.221 e. The van der Waals surface area contributed by atoms with Crippen LogP contribution in [0.15, 0.2) is 24.3 Å². The third-order valence-corrected chi connectivity index (χ3v) is 2.62. The number of rotatable bonds is 8. The lowest BCUT2D eigenvalue weighted by Crippen LogP contribution is -2.90. The summed E-state index contributed by atoms with van der Waals surface area (Å²) in [5.41, 5.74) is 5.97. The minimum Gasteiger partial charge on any atom is -0.491 e. The molecule has 0 aliphatic heterocycles.